The van der Waals surface area contributed by atoms with Gasteiger partial charge >= 0.3 is 11.7 Å². The standard InChI is InChI=1S/C15H14N4O6S/c1-3-8-4-9(13(21)10(5-8)19(23)24)7-16-18-15-17-14(22)11(26-15)6-12(20)25-2/h4-7,21H,3H2,1-2H3,(H,17,18,22)/b11-6+,16-7?. The molecule has 0 atom stereocenters. The number of nitro benzene ring substituents is 1. The number of esters is 1. The van der Waals surface area contributed by atoms with Gasteiger partial charge in [-0.2, -0.15) is 5.10 Å². The molecule has 1 aliphatic rings. The molecule has 1 aromatic carbocycles. The zero-order chi connectivity index (χ0) is 19.3. The molecule has 2 rings (SSSR count). The summed E-state index contributed by atoms with van der Waals surface area (Å²) < 4.78 is 4.44. The number of aryl methyl sites for hydroxylation is 1. The van der Waals surface area contributed by atoms with E-state index in [1.807, 2.05) is 6.92 Å². The van der Waals surface area contributed by atoms with Crippen LogP contribution >= 0.6 is 11.8 Å². The maximum absolute atomic E-state index is 11.7. The first-order valence-corrected chi connectivity index (χ1v) is 8.07. The summed E-state index contributed by atoms with van der Waals surface area (Å²) in [5.74, 6) is -1.73. The van der Waals surface area contributed by atoms with E-state index < -0.39 is 28.2 Å². The molecule has 0 aromatic heterocycles. The molecule has 1 heterocycles. The predicted molar refractivity (Wildman–Crippen MR) is 95.0 cm³/mol. The van der Waals surface area contributed by atoms with Crippen LogP contribution < -0.4 is 5.32 Å². The molecule has 26 heavy (non-hydrogen) atoms. The van der Waals surface area contributed by atoms with Gasteiger partial charge in [-0.1, -0.05) is 6.92 Å². The van der Waals surface area contributed by atoms with Crippen LogP contribution in [0.3, 0.4) is 0 Å². The molecular weight excluding hydrogens is 364 g/mol. The number of benzene rings is 1. The molecule has 136 valence electrons. The van der Waals surface area contributed by atoms with Crippen LogP contribution in [0.15, 0.2) is 33.3 Å². The van der Waals surface area contributed by atoms with Crippen LogP contribution in [0.1, 0.15) is 18.1 Å². The van der Waals surface area contributed by atoms with Gasteiger partial charge < -0.3 is 9.84 Å². The van der Waals surface area contributed by atoms with E-state index in [2.05, 4.69) is 20.3 Å². The Morgan fingerprint density at radius 1 is 1.50 bits per heavy atom. The number of hydrogen-bond acceptors (Lipinski definition) is 9. The summed E-state index contributed by atoms with van der Waals surface area (Å²) in [6, 6.07) is 2.84. The normalized spacial score (nSPS) is 17.1. The number of nitrogens with zero attached hydrogens (tertiary/aromatic N) is 3. The lowest BCUT2D eigenvalue weighted by atomic mass is 10.1. The summed E-state index contributed by atoms with van der Waals surface area (Å²) >= 11 is 0.883. The molecule has 1 fully saturated rings. The molecule has 11 heteroatoms. The number of carbonyl (C=O) groups excluding carboxylic acids is 2. The molecule has 1 aromatic rings. The second-order valence-corrected chi connectivity index (χ2v) is 5.93. The zero-order valence-corrected chi connectivity index (χ0v) is 14.6. The Morgan fingerprint density at radius 3 is 2.85 bits per heavy atom. The number of phenolic OH excluding ortho intramolecular Hbond substituents is 1. The molecule has 1 amide bonds. The highest BCUT2D eigenvalue weighted by Crippen LogP contribution is 2.30. The number of rotatable bonds is 5. The number of ether oxygens (including phenoxy) is 1. The molecule has 0 aliphatic carbocycles. The number of nitrogens with one attached hydrogen (secondary N) is 1. The Kier molecular flexibility index (Phi) is 6.07. The average molecular weight is 378 g/mol. The van der Waals surface area contributed by atoms with Gasteiger partial charge in [-0.15, -0.1) is 5.10 Å². The smallest absolute Gasteiger partial charge is 0.331 e. The lowest BCUT2D eigenvalue weighted by molar-refractivity contribution is -0.385. The van der Waals surface area contributed by atoms with Crippen molar-refractivity contribution in [3.8, 4) is 5.75 Å². The van der Waals surface area contributed by atoms with Crippen molar-refractivity contribution in [1.82, 2.24) is 5.32 Å². The van der Waals surface area contributed by atoms with Gasteiger partial charge in [0.1, 0.15) is 0 Å². The fraction of sp³-hybridized carbons (Fsp3) is 0.200. The Hall–Kier alpha value is -3.21. The molecule has 0 unspecified atom stereocenters. The minimum absolute atomic E-state index is 0.0947. The minimum atomic E-state index is -0.686. The van der Waals surface area contributed by atoms with E-state index in [1.54, 1.807) is 6.07 Å². The summed E-state index contributed by atoms with van der Waals surface area (Å²) in [5.41, 5.74) is 0.348. The van der Waals surface area contributed by atoms with Gasteiger partial charge in [-0.25, -0.2) is 4.79 Å². The van der Waals surface area contributed by atoms with Crippen molar-refractivity contribution in [3.05, 3.63) is 44.4 Å². The van der Waals surface area contributed by atoms with Gasteiger partial charge in [0.25, 0.3) is 5.91 Å². The summed E-state index contributed by atoms with van der Waals surface area (Å²) in [7, 11) is 1.19. The van der Waals surface area contributed by atoms with E-state index in [4.69, 9.17) is 0 Å². The van der Waals surface area contributed by atoms with Crippen LogP contribution in [0.5, 0.6) is 5.75 Å². The highest BCUT2D eigenvalue weighted by Gasteiger charge is 2.25. The van der Waals surface area contributed by atoms with Crippen molar-refractivity contribution in [2.45, 2.75) is 13.3 Å². The molecule has 0 spiro atoms. The van der Waals surface area contributed by atoms with Crippen LogP contribution in [0.4, 0.5) is 5.69 Å². The Bertz CT molecular complexity index is 862. The number of phenols is 1. The van der Waals surface area contributed by atoms with Crippen molar-refractivity contribution in [2.24, 2.45) is 10.2 Å². The quantitative estimate of drug-likeness (QED) is 0.259. The summed E-state index contributed by atoms with van der Waals surface area (Å²) in [4.78, 5) is 33.2. The van der Waals surface area contributed by atoms with Crippen molar-refractivity contribution < 1.29 is 24.4 Å². The highest BCUT2D eigenvalue weighted by molar-refractivity contribution is 8.18. The number of methoxy groups -OCH3 is 1. The molecule has 0 saturated carbocycles. The summed E-state index contributed by atoms with van der Waals surface area (Å²) in [6.07, 6.45) is 2.69. The van der Waals surface area contributed by atoms with Gasteiger partial charge in [-0.3, -0.25) is 20.2 Å². The highest BCUT2D eigenvalue weighted by atomic mass is 32.2. The number of amides is 1. The lowest BCUT2D eigenvalue weighted by Gasteiger charge is -2.03. The first kappa shape index (κ1) is 19.1. The van der Waals surface area contributed by atoms with Crippen molar-refractivity contribution in [3.63, 3.8) is 0 Å². The summed E-state index contributed by atoms with van der Waals surface area (Å²) in [6.45, 7) is 1.82. The monoisotopic (exact) mass is 378 g/mol. The van der Waals surface area contributed by atoms with Crippen LogP contribution in [0.25, 0.3) is 0 Å². The lowest BCUT2D eigenvalue weighted by Crippen LogP contribution is -2.19. The van der Waals surface area contributed by atoms with Crippen LogP contribution in [-0.4, -0.2) is 40.4 Å². The largest absolute Gasteiger partial charge is 0.502 e. The fourth-order valence-corrected chi connectivity index (χ4v) is 2.67. The van der Waals surface area contributed by atoms with E-state index in [0.29, 0.717) is 12.0 Å². The topological polar surface area (TPSA) is 143 Å². The van der Waals surface area contributed by atoms with Crippen molar-refractivity contribution in [2.75, 3.05) is 7.11 Å². The minimum Gasteiger partial charge on any atom is -0.502 e. The third kappa shape index (κ3) is 4.45. The van der Waals surface area contributed by atoms with Crippen LogP contribution in [0.2, 0.25) is 0 Å². The number of thioether (sulfide) groups is 1. The van der Waals surface area contributed by atoms with Crippen molar-refractivity contribution >= 4 is 40.7 Å². The predicted octanol–water partition coefficient (Wildman–Crippen LogP) is 1.47. The van der Waals surface area contributed by atoms with Gasteiger partial charge in [0.2, 0.25) is 5.75 Å². The maximum atomic E-state index is 11.7. The summed E-state index contributed by atoms with van der Waals surface area (Å²) in [5, 5.41) is 31.0. The number of aromatic hydroxyl groups is 1. The maximum Gasteiger partial charge on any atom is 0.331 e. The van der Waals surface area contributed by atoms with Gasteiger partial charge in [0.15, 0.2) is 5.17 Å². The van der Waals surface area contributed by atoms with Crippen LogP contribution in [0, 0.1) is 10.1 Å². The Balaban J connectivity index is 2.23. The number of nitro groups is 1. The number of hydrogen-bond donors (Lipinski definition) is 2. The van der Waals surface area contributed by atoms with E-state index >= 15 is 0 Å². The van der Waals surface area contributed by atoms with Gasteiger partial charge in [0, 0.05) is 17.7 Å². The van der Waals surface area contributed by atoms with E-state index in [9.17, 15) is 24.8 Å². The average Bonchev–Trinajstić information content (AvgIpc) is 2.95. The second-order valence-electron chi connectivity index (χ2n) is 4.90. The van der Waals surface area contributed by atoms with Gasteiger partial charge in [0.05, 0.1) is 23.2 Å². The van der Waals surface area contributed by atoms with E-state index in [0.717, 1.165) is 24.1 Å². The molecule has 2 N–H and O–H groups in total. The fourth-order valence-electron chi connectivity index (χ4n) is 1.93. The Morgan fingerprint density at radius 2 is 2.23 bits per heavy atom. The number of amidine groups is 1. The Labute approximate surface area is 151 Å². The SMILES string of the molecule is CCc1cc(C=N/N=C2/NC(=O)/C(=C\C(=O)OC)S2)c(O)c([N+](=O)[O-])c1. The number of carbonyl (C=O) groups is 2. The first-order valence-electron chi connectivity index (χ1n) is 7.25. The molecular formula is C15H14N4O6S. The molecule has 0 bridgehead atoms. The van der Waals surface area contributed by atoms with E-state index in [1.165, 1.54) is 13.2 Å². The molecule has 1 aliphatic heterocycles. The molecule has 0 radical (unpaired) electrons. The molecule has 10 nitrogen and oxygen atoms in total. The van der Waals surface area contributed by atoms with Gasteiger partial charge in [-0.05, 0) is 29.8 Å². The van der Waals surface area contributed by atoms with Crippen LogP contribution in [-0.2, 0) is 20.7 Å². The third-order valence-electron chi connectivity index (χ3n) is 3.23. The van der Waals surface area contributed by atoms with Crippen molar-refractivity contribution in [1.29, 1.82) is 0 Å². The second kappa shape index (κ2) is 8.25. The first-order chi connectivity index (χ1) is 12.3. The molecule has 1 saturated heterocycles. The zero-order valence-electron chi connectivity index (χ0n) is 13.8. The van der Waals surface area contributed by atoms with E-state index in [-0.39, 0.29) is 15.6 Å². The third-order valence-corrected chi connectivity index (χ3v) is 4.13.